The van der Waals surface area contributed by atoms with Gasteiger partial charge in [-0.3, -0.25) is 4.79 Å². The van der Waals surface area contributed by atoms with E-state index in [1.165, 1.54) is 0 Å². The van der Waals surface area contributed by atoms with Crippen LogP contribution < -0.4 is 5.32 Å². The molecule has 0 aromatic heterocycles. The number of carboxylic acids is 1. The average molecular weight is 274 g/mol. The average Bonchev–Trinajstić information content (AvgIpc) is 2.27. The molecule has 2 amide bonds. The first kappa shape index (κ1) is 17.7. The minimum atomic E-state index is -0.917. The van der Waals surface area contributed by atoms with Gasteiger partial charge in [-0.25, -0.2) is 4.79 Å². The van der Waals surface area contributed by atoms with Gasteiger partial charge in [0.2, 0.25) is 0 Å². The Kier molecular flexibility index (Phi) is 7.44. The molecule has 1 atom stereocenters. The van der Waals surface area contributed by atoms with Gasteiger partial charge in [-0.1, -0.05) is 20.8 Å². The molecule has 2 N–H and O–H groups in total. The van der Waals surface area contributed by atoms with E-state index in [9.17, 15) is 9.59 Å². The Balaban J connectivity index is 4.64. The number of nitrogens with one attached hydrogen (secondary N) is 1. The molecule has 19 heavy (non-hydrogen) atoms. The minimum Gasteiger partial charge on any atom is -0.481 e. The van der Waals surface area contributed by atoms with Crippen molar-refractivity contribution in [1.82, 2.24) is 10.2 Å². The molecule has 0 aromatic rings. The number of carboxylic acid groups (broad SMARTS) is 1. The number of carbonyl (C=O) groups is 2. The lowest BCUT2D eigenvalue weighted by molar-refractivity contribution is -0.138. The van der Waals surface area contributed by atoms with E-state index in [1.807, 2.05) is 27.7 Å². The SMILES string of the molecule is CCN(CCOC)C(=O)NC(CC(=O)O)C(C)(C)C. The molecule has 0 radical (unpaired) electrons. The van der Waals surface area contributed by atoms with Crippen molar-refractivity contribution in [1.29, 1.82) is 0 Å². The number of amides is 2. The zero-order valence-corrected chi connectivity index (χ0v) is 12.5. The van der Waals surface area contributed by atoms with Crippen LogP contribution in [0, 0.1) is 5.41 Å². The van der Waals surface area contributed by atoms with Gasteiger partial charge in [-0.05, 0) is 12.3 Å². The standard InChI is InChI=1S/C13H26N2O4/c1-6-15(7-8-19-5)12(18)14-10(9-11(16)17)13(2,3)4/h10H,6-9H2,1-5H3,(H,14,18)(H,16,17). The second-order valence-electron chi connectivity index (χ2n) is 5.54. The largest absolute Gasteiger partial charge is 0.481 e. The quantitative estimate of drug-likeness (QED) is 0.738. The van der Waals surface area contributed by atoms with Crippen molar-refractivity contribution in [2.24, 2.45) is 5.41 Å². The Morgan fingerprint density at radius 2 is 1.95 bits per heavy atom. The summed E-state index contributed by atoms with van der Waals surface area (Å²) in [5.74, 6) is -0.917. The zero-order valence-electron chi connectivity index (χ0n) is 12.5. The van der Waals surface area contributed by atoms with E-state index in [-0.39, 0.29) is 17.9 Å². The Bertz CT molecular complexity index is 300. The first-order chi connectivity index (χ1) is 8.72. The van der Waals surface area contributed by atoms with E-state index in [0.717, 1.165) is 0 Å². The lowest BCUT2D eigenvalue weighted by Gasteiger charge is -2.32. The molecule has 0 fully saturated rings. The fourth-order valence-corrected chi connectivity index (χ4v) is 1.59. The first-order valence-corrected chi connectivity index (χ1v) is 6.48. The number of urea groups is 1. The molecular weight excluding hydrogens is 248 g/mol. The molecule has 0 aliphatic heterocycles. The zero-order chi connectivity index (χ0) is 15.1. The number of carbonyl (C=O) groups excluding carboxylic acids is 1. The monoisotopic (exact) mass is 274 g/mol. The lowest BCUT2D eigenvalue weighted by Crippen LogP contribution is -2.51. The highest BCUT2D eigenvalue weighted by Gasteiger charge is 2.29. The van der Waals surface area contributed by atoms with Crippen molar-refractivity contribution in [3.8, 4) is 0 Å². The van der Waals surface area contributed by atoms with Crippen LogP contribution in [0.15, 0.2) is 0 Å². The third-order valence-corrected chi connectivity index (χ3v) is 2.96. The molecule has 1 unspecified atom stereocenters. The van der Waals surface area contributed by atoms with Crippen LogP contribution in [-0.2, 0) is 9.53 Å². The summed E-state index contributed by atoms with van der Waals surface area (Å²) in [6.45, 7) is 9.10. The van der Waals surface area contributed by atoms with E-state index in [4.69, 9.17) is 9.84 Å². The van der Waals surface area contributed by atoms with E-state index < -0.39 is 12.0 Å². The number of nitrogens with zero attached hydrogens (tertiary/aromatic N) is 1. The van der Waals surface area contributed by atoms with Crippen molar-refractivity contribution >= 4 is 12.0 Å². The van der Waals surface area contributed by atoms with Crippen LogP contribution in [0.2, 0.25) is 0 Å². The summed E-state index contributed by atoms with van der Waals surface area (Å²) in [6.07, 6.45) is -0.0862. The smallest absolute Gasteiger partial charge is 0.317 e. The highest BCUT2D eigenvalue weighted by atomic mass is 16.5. The molecule has 6 heteroatoms. The molecule has 0 aliphatic rings. The van der Waals surface area contributed by atoms with Gasteiger partial charge in [0, 0.05) is 26.2 Å². The molecule has 0 saturated heterocycles. The molecular formula is C13H26N2O4. The van der Waals surface area contributed by atoms with Gasteiger partial charge in [0.05, 0.1) is 13.0 Å². The number of aliphatic carboxylic acids is 1. The maximum Gasteiger partial charge on any atom is 0.317 e. The summed E-state index contributed by atoms with van der Waals surface area (Å²) >= 11 is 0. The van der Waals surface area contributed by atoms with Crippen LogP contribution in [0.25, 0.3) is 0 Å². The molecule has 6 nitrogen and oxygen atoms in total. The number of rotatable bonds is 7. The molecule has 0 bridgehead atoms. The van der Waals surface area contributed by atoms with Crippen molar-refractivity contribution in [3.63, 3.8) is 0 Å². The predicted octanol–water partition coefficient (Wildman–Crippen LogP) is 1.55. The molecule has 0 aromatic carbocycles. The molecule has 112 valence electrons. The third-order valence-electron chi connectivity index (χ3n) is 2.96. The molecule has 0 spiro atoms. The highest BCUT2D eigenvalue weighted by molar-refractivity contribution is 5.76. The van der Waals surface area contributed by atoms with E-state index >= 15 is 0 Å². The van der Waals surface area contributed by atoms with E-state index in [1.54, 1.807) is 12.0 Å². The van der Waals surface area contributed by atoms with E-state index in [0.29, 0.717) is 19.7 Å². The third kappa shape index (κ3) is 7.00. The topological polar surface area (TPSA) is 78.9 Å². The summed E-state index contributed by atoms with van der Waals surface area (Å²) < 4.78 is 4.95. The molecule has 0 rings (SSSR count). The summed E-state index contributed by atoms with van der Waals surface area (Å²) in [7, 11) is 1.58. The normalized spacial score (nSPS) is 12.9. The Morgan fingerprint density at radius 1 is 1.37 bits per heavy atom. The maximum atomic E-state index is 12.1. The van der Waals surface area contributed by atoms with Crippen molar-refractivity contribution in [3.05, 3.63) is 0 Å². The summed E-state index contributed by atoms with van der Waals surface area (Å²) in [5.41, 5.74) is -0.311. The highest BCUT2D eigenvalue weighted by Crippen LogP contribution is 2.22. The summed E-state index contributed by atoms with van der Waals surface area (Å²) in [4.78, 5) is 24.6. The number of hydrogen-bond acceptors (Lipinski definition) is 3. The number of methoxy groups -OCH3 is 1. The van der Waals surface area contributed by atoms with Gasteiger partial charge in [0.25, 0.3) is 0 Å². The summed E-state index contributed by atoms with van der Waals surface area (Å²) in [5, 5.41) is 11.7. The Labute approximate surface area is 115 Å². The van der Waals surface area contributed by atoms with Crippen LogP contribution in [0.5, 0.6) is 0 Å². The Hall–Kier alpha value is -1.30. The van der Waals surface area contributed by atoms with Crippen LogP contribution in [0.3, 0.4) is 0 Å². The lowest BCUT2D eigenvalue weighted by atomic mass is 9.85. The van der Waals surface area contributed by atoms with Gasteiger partial charge in [-0.15, -0.1) is 0 Å². The van der Waals surface area contributed by atoms with Crippen molar-refractivity contribution in [2.75, 3.05) is 26.8 Å². The molecule has 0 saturated carbocycles. The second-order valence-corrected chi connectivity index (χ2v) is 5.54. The number of hydrogen-bond donors (Lipinski definition) is 2. The fourth-order valence-electron chi connectivity index (χ4n) is 1.59. The minimum absolute atomic E-state index is 0.0862. The van der Waals surface area contributed by atoms with E-state index in [2.05, 4.69) is 5.32 Å². The summed E-state index contributed by atoms with van der Waals surface area (Å²) in [6, 6.07) is -0.658. The van der Waals surface area contributed by atoms with Crippen LogP contribution in [0.1, 0.15) is 34.1 Å². The fraction of sp³-hybridized carbons (Fsp3) is 0.846. The van der Waals surface area contributed by atoms with Gasteiger partial charge in [0.1, 0.15) is 0 Å². The molecule has 0 heterocycles. The second kappa shape index (κ2) is 7.99. The van der Waals surface area contributed by atoms with Crippen LogP contribution in [0.4, 0.5) is 4.79 Å². The molecule has 0 aliphatic carbocycles. The predicted molar refractivity (Wildman–Crippen MR) is 73.2 cm³/mol. The number of ether oxygens (including phenoxy) is 1. The number of likely N-dealkylation sites (N-methyl/N-ethyl adjacent to an activating group) is 1. The maximum absolute atomic E-state index is 12.1. The van der Waals surface area contributed by atoms with Crippen molar-refractivity contribution in [2.45, 2.75) is 40.2 Å². The Morgan fingerprint density at radius 3 is 2.32 bits per heavy atom. The van der Waals surface area contributed by atoms with Gasteiger partial charge in [0.15, 0.2) is 0 Å². The first-order valence-electron chi connectivity index (χ1n) is 6.48. The van der Waals surface area contributed by atoms with Gasteiger partial charge < -0.3 is 20.1 Å². The van der Waals surface area contributed by atoms with Gasteiger partial charge >= 0.3 is 12.0 Å². The van der Waals surface area contributed by atoms with Crippen LogP contribution >= 0.6 is 0 Å². The van der Waals surface area contributed by atoms with Gasteiger partial charge in [-0.2, -0.15) is 0 Å². The van der Waals surface area contributed by atoms with Crippen LogP contribution in [-0.4, -0.2) is 54.9 Å². The van der Waals surface area contributed by atoms with Crippen molar-refractivity contribution < 1.29 is 19.4 Å².